The van der Waals surface area contributed by atoms with Crippen LogP contribution in [0.15, 0.2) is 59.6 Å². The second-order valence-electron chi connectivity index (χ2n) is 8.00. The standard InChI is InChI=1S/C22H17Cl2F3N6O2S/c23-17-5-4-14(12-18(17)24)19-6-7-28-20-29-21(30-33(19)20)31-8-10-32(11-9-31)36(34,35)16-3-1-2-15(13-16)22(25,26)27/h1-7,12-13H,8-11H2. The molecule has 14 heteroatoms. The van der Waals surface area contributed by atoms with Gasteiger partial charge in [-0.15, -0.1) is 5.10 Å². The van der Waals surface area contributed by atoms with E-state index in [1.165, 1.54) is 0 Å². The van der Waals surface area contributed by atoms with Gasteiger partial charge in [0.2, 0.25) is 16.0 Å². The van der Waals surface area contributed by atoms with E-state index < -0.39 is 26.7 Å². The van der Waals surface area contributed by atoms with Crippen LogP contribution in [0.5, 0.6) is 0 Å². The number of sulfonamides is 1. The van der Waals surface area contributed by atoms with E-state index in [0.717, 1.165) is 28.1 Å². The van der Waals surface area contributed by atoms with E-state index in [-0.39, 0.29) is 26.2 Å². The Kier molecular flexibility index (Phi) is 6.31. The number of rotatable bonds is 4. The van der Waals surface area contributed by atoms with Crippen molar-refractivity contribution in [1.82, 2.24) is 23.9 Å². The minimum atomic E-state index is -4.64. The molecule has 0 amide bonds. The Morgan fingerprint density at radius 1 is 0.917 bits per heavy atom. The molecule has 3 heterocycles. The highest BCUT2D eigenvalue weighted by Crippen LogP contribution is 2.32. The van der Waals surface area contributed by atoms with Crippen molar-refractivity contribution in [1.29, 1.82) is 0 Å². The maximum atomic E-state index is 13.1. The van der Waals surface area contributed by atoms with Crippen molar-refractivity contribution >= 4 is 45.0 Å². The Labute approximate surface area is 213 Å². The molecule has 0 bridgehead atoms. The molecule has 2 aromatic carbocycles. The van der Waals surface area contributed by atoms with Crippen LogP contribution < -0.4 is 4.90 Å². The summed E-state index contributed by atoms with van der Waals surface area (Å²) < 4.78 is 67.8. The average molecular weight is 557 g/mol. The molecule has 0 N–H and O–H groups in total. The van der Waals surface area contributed by atoms with Crippen LogP contribution in [-0.2, 0) is 16.2 Å². The number of alkyl halides is 3. The molecule has 0 radical (unpaired) electrons. The zero-order chi connectivity index (χ0) is 25.7. The van der Waals surface area contributed by atoms with Crippen molar-refractivity contribution in [2.24, 2.45) is 0 Å². The van der Waals surface area contributed by atoms with Crippen molar-refractivity contribution in [2.45, 2.75) is 11.1 Å². The Morgan fingerprint density at radius 2 is 1.67 bits per heavy atom. The summed E-state index contributed by atoms with van der Waals surface area (Å²) in [5.74, 6) is 0.693. The lowest BCUT2D eigenvalue weighted by atomic mass is 10.1. The van der Waals surface area contributed by atoms with Crippen LogP contribution >= 0.6 is 23.2 Å². The van der Waals surface area contributed by atoms with Gasteiger partial charge in [0, 0.05) is 37.9 Å². The van der Waals surface area contributed by atoms with E-state index in [1.54, 1.807) is 39.9 Å². The summed E-state index contributed by atoms with van der Waals surface area (Å²) in [6.45, 7) is 0.608. The van der Waals surface area contributed by atoms with Gasteiger partial charge in [-0.3, -0.25) is 0 Å². The van der Waals surface area contributed by atoms with Gasteiger partial charge in [-0.2, -0.15) is 27.0 Å². The minimum absolute atomic E-state index is 0.0568. The Hall–Kier alpha value is -2.93. The third-order valence-corrected chi connectivity index (χ3v) is 8.40. The van der Waals surface area contributed by atoms with Crippen LogP contribution in [0.25, 0.3) is 17.0 Å². The average Bonchev–Trinajstić information content (AvgIpc) is 3.30. The van der Waals surface area contributed by atoms with Gasteiger partial charge in [-0.1, -0.05) is 35.3 Å². The predicted molar refractivity (Wildman–Crippen MR) is 129 cm³/mol. The monoisotopic (exact) mass is 556 g/mol. The highest BCUT2D eigenvalue weighted by molar-refractivity contribution is 7.89. The zero-order valence-corrected chi connectivity index (χ0v) is 20.7. The van der Waals surface area contributed by atoms with Gasteiger partial charge >= 0.3 is 6.18 Å². The molecular weight excluding hydrogens is 540 g/mol. The lowest BCUT2D eigenvalue weighted by Gasteiger charge is -2.33. The normalized spacial score (nSPS) is 15.5. The molecule has 2 aromatic heterocycles. The largest absolute Gasteiger partial charge is 0.416 e. The zero-order valence-electron chi connectivity index (χ0n) is 18.3. The van der Waals surface area contributed by atoms with Crippen LogP contribution in [0.4, 0.5) is 19.1 Å². The van der Waals surface area contributed by atoms with Gasteiger partial charge in [-0.25, -0.2) is 13.4 Å². The summed E-state index contributed by atoms with van der Waals surface area (Å²) in [4.78, 5) is 10.1. The van der Waals surface area contributed by atoms with E-state index in [1.807, 2.05) is 0 Å². The molecule has 0 atom stereocenters. The van der Waals surface area contributed by atoms with Crippen molar-refractivity contribution in [3.05, 3.63) is 70.3 Å². The van der Waals surface area contributed by atoms with Gasteiger partial charge in [0.1, 0.15) is 0 Å². The van der Waals surface area contributed by atoms with Crippen LogP contribution in [0, 0.1) is 0 Å². The summed E-state index contributed by atoms with van der Waals surface area (Å²) in [6, 6.07) is 10.7. The summed E-state index contributed by atoms with van der Waals surface area (Å²) in [6.07, 6.45) is -3.05. The predicted octanol–water partition coefficient (Wildman–Crippen LogP) is 4.63. The minimum Gasteiger partial charge on any atom is -0.337 e. The van der Waals surface area contributed by atoms with Crippen LogP contribution in [-0.4, -0.2) is 58.5 Å². The fourth-order valence-electron chi connectivity index (χ4n) is 3.90. The molecule has 5 rings (SSSR count). The van der Waals surface area contributed by atoms with E-state index in [2.05, 4.69) is 15.1 Å². The van der Waals surface area contributed by atoms with Gasteiger partial charge in [0.15, 0.2) is 0 Å². The van der Waals surface area contributed by atoms with Gasteiger partial charge in [0.25, 0.3) is 5.78 Å². The first kappa shape index (κ1) is 24.8. The number of hydrogen-bond acceptors (Lipinski definition) is 6. The summed E-state index contributed by atoms with van der Waals surface area (Å²) >= 11 is 12.2. The lowest BCUT2D eigenvalue weighted by Crippen LogP contribution is -2.49. The Balaban J connectivity index is 1.37. The molecule has 0 saturated carbocycles. The van der Waals surface area contributed by atoms with Crippen LogP contribution in [0.3, 0.4) is 0 Å². The number of aromatic nitrogens is 4. The quantitative estimate of drug-likeness (QED) is 0.364. The summed E-state index contributed by atoms with van der Waals surface area (Å²) in [5, 5.41) is 5.35. The summed E-state index contributed by atoms with van der Waals surface area (Å²) in [7, 11) is -4.10. The highest BCUT2D eigenvalue weighted by Gasteiger charge is 2.34. The molecule has 1 aliphatic heterocycles. The molecule has 4 aromatic rings. The second-order valence-corrected chi connectivity index (χ2v) is 10.8. The Bertz CT molecular complexity index is 1550. The summed E-state index contributed by atoms with van der Waals surface area (Å²) in [5.41, 5.74) is 0.426. The third kappa shape index (κ3) is 4.61. The van der Waals surface area contributed by atoms with E-state index in [0.29, 0.717) is 33.5 Å². The van der Waals surface area contributed by atoms with E-state index in [4.69, 9.17) is 23.2 Å². The van der Waals surface area contributed by atoms with Gasteiger partial charge < -0.3 is 4.90 Å². The number of halogens is 5. The first-order valence-electron chi connectivity index (χ1n) is 10.6. The number of benzene rings is 2. The molecule has 1 aliphatic rings. The van der Waals surface area contributed by atoms with Crippen molar-refractivity contribution in [2.75, 3.05) is 31.1 Å². The lowest BCUT2D eigenvalue weighted by molar-refractivity contribution is -0.137. The van der Waals surface area contributed by atoms with Crippen molar-refractivity contribution in [3.63, 3.8) is 0 Å². The maximum Gasteiger partial charge on any atom is 0.416 e. The molecule has 1 saturated heterocycles. The van der Waals surface area contributed by atoms with Gasteiger partial charge in [0.05, 0.1) is 26.2 Å². The molecule has 1 fully saturated rings. The molecule has 0 aliphatic carbocycles. The number of nitrogens with zero attached hydrogens (tertiary/aromatic N) is 6. The molecule has 188 valence electrons. The first-order valence-corrected chi connectivity index (χ1v) is 12.8. The smallest absolute Gasteiger partial charge is 0.337 e. The highest BCUT2D eigenvalue weighted by atomic mass is 35.5. The topological polar surface area (TPSA) is 83.7 Å². The fourth-order valence-corrected chi connectivity index (χ4v) is 5.67. The number of anilines is 1. The molecule has 0 unspecified atom stereocenters. The SMILES string of the molecule is O=S(=O)(c1cccc(C(F)(F)F)c1)N1CCN(c2nc3nccc(-c4ccc(Cl)c(Cl)c4)n3n2)CC1. The molecule has 8 nitrogen and oxygen atoms in total. The number of hydrogen-bond donors (Lipinski definition) is 0. The van der Waals surface area contributed by atoms with Crippen LogP contribution in [0.1, 0.15) is 5.56 Å². The second kappa shape index (κ2) is 9.18. The van der Waals surface area contributed by atoms with Crippen molar-refractivity contribution in [3.8, 4) is 11.3 Å². The maximum absolute atomic E-state index is 13.1. The van der Waals surface area contributed by atoms with E-state index in [9.17, 15) is 21.6 Å². The molecule has 0 spiro atoms. The molecule has 36 heavy (non-hydrogen) atoms. The van der Waals surface area contributed by atoms with Gasteiger partial charge in [-0.05, 0) is 36.4 Å². The van der Waals surface area contributed by atoms with Crippen LogP contribution in [0.2, 0.25) is 10.0 Å². The first-order chi connectivity index (χ1) is 17.0. The third-order valence-electron chi connectivity index (χ3n) is 5.77. The number of piperazine rings is 1. The molecular formula is C22H17Cl2F3N6O2S. The van der Waals surface area contributed by atoms with E-state index >= 15 is 0 Å². The van der Waals surface area contributed by atoms with Crippen molar-refractivity contribution < 1.29 is 21.6 Å². The Morgan fingerprint density at radius 3 is 2.36 bits per heavy atom. The number of fused-ring (bicyclic) bond motifs is 1. The fraction of sp³-hybridized carbons (Fsp3) is 0.227.